The van der Waals surface area contributed by atoms with E-state index in [-0.39, 0.29) is 6.10 Å². The van der Waals surface area contributed by atoms with Gasteiger partial charge in [0.1, 0.15) is 17.7 Å². The van der Waals surface area contributed by atoms with Crippen LogP contribution in [0, 0.1) is 6.92 Å². The third kappa shape index (κ3) is 4.07. The van der Waals surface area contributed by atoms with Crippen molar-refractivity contribution in [3.05, 3.63) is 40.0 Å². The zero-order chi connectivity index (χ0) is 16.2. The Labute approximate surface area is 141 Å². The quantitative estimate of drug-likeness (QED) is 0.910. The van der Waals surface area contributed by atoms with E-state index in [9.17, 15) is 5.11 Å². The number of aryl methyl sites for hydroxylation is 2. The van der Waals surface area contributed by atoms with E-state index in [4.69, 9.17) is 0 Å². The van der Waals surface area contributed by atoms with E-state index in [1.165, 1.54) is 0 Å². The molecule has 0 aliphatic carbocycles. The fourth-order valence-corrected chi connectivity index (χ4v) is 3.61. The lowest BCUT2D eigenvalue weighted by atomic mass is 10.2. The summed E-state index contributed by atoms with van der Waals surface area (Å²) in [6.45, 7) is 8.60. The van der Waals surface area contributed by atoms with Crippen LogP contribution in [0.2, 0.25) is 0 Å². The summed E-state index contributed by atoms with van der Waals surface area (Å²) in [7, 11) is 0. The molecule has 5 nitrogen and oxygen atoms in total. The molecule has 1 aliphatic heterocycles. The number of rotatable bonds is 5. The monoisotopic (exact) mass is 332 g/mol. The predicted octanol–water partition coefficient (Wildman–Crippen LogP) is 2.26. The highest BCUT2D eigenvalue weighted by atomic mass is 32.1. The van der Waals surface area contributed by atoms with Gasteiger partial charge in [0.05, 0.1) is 0 Å². The lowest BCUT2D eigenvalue weighted by molar-refractivity contribution is 0.112. The van der Waals surface area contributed by atoms with Crippen LogP contribution in [0.15, 0.2) is 23.6 Å². The van der Waals surface area contributed by atoms with Crippen molar-refractivity contribution in [1.29, 1.82) is 0 Å². The van der Waals surface area contributed by atoms with Gasteiger partial charge in [0.2, 0.25) is 0 Å². The maximum Gasteiger partial charge on any atom is 0.132 e. The van der Waals surface area contributed by atoms with Crippen molar-refractivity contribution in [2.45, 2.75) is 26.4 Å². The van der Waals surface area contributed by atoms with Gasteiger partial charge in [0, 0.05) is 55.8 Å². The van der Waals surface area contributed by atoms with Crippen molar-refractivity contribution >= 4 is 17.2 Å². The Kier molecular flexibility index (Phi) is 5.25. The smallest absolute Gasteiger partial charge is 0.132 e. The molecule has 0 aromatic carbocycles. The fourth-order valence-electron chi connectivity index (χ4n) is 2.91. The van der Waals surface area contributed by atoms with E-state index in [1.807, 2.05) is 24.4 Å². The second-order valence-electron chi connectivity index (χ2n) is 5.96. The average molecular weight is 332 g/mol. The van der Waals surface area contributed by atoms with Gasteiger partial charge in [-0.05, 0) is 18.4 Å². The maximum absolute atomic E-state index is 10.3. The van der Waals surface area contributed by atoms with Gasteiger partial charge in [-0.15, -0.1) is 11.3 Å². The molecule has 23 heavy (non-hydrogen) atoms. The van der Waals surface area contributed by atoms with Crippen molar-refractivity contribution in [3.8, 4) is 0 Å². The highest BCUT2D eigenvalue weighted by molar-refractivity contribution is 7.10. The molecule has 2 aromatic heterocycles. The van der Waals surface area contributed by atoms with E-state index in [1.54, 1.807) is 11.3 Å². The van der Waals surface area contributed by atoms with Gasteiger partial charge in [-0.1, -0.05) is 13.0 Å². The predicted molar refractivity (Wildman–Crippen MR) is 94.1 cm³/mol. The van der Waals surface area contributed by atoms with Gasteiger partial charge in [-0.25, -0.2) is 9.97 Å². The SMILES string of the molecule is CCc1nc(C)cc(N2CCN(C[C@@H](O)c3cccs3)CC2)n1. The van der Waals surface area contributed by atoms with E-state index in [0.29, 0.717) is 6.54 Å². The molecule has 1 fully saturated rings. The Hall–Kier alpha value is -1.50. The lowest BCUT2D eigenvalue weighted by Gasteiger charge is -2.36. The Bertz CT molecular complexity index is 624. The number of aromatic nitrogens is 2. The number of hydrogen-bond donors (Lipinski definition) is 1. The van der Waals surface area contributed by atoms with Crippen LogP contribution < -0.4 is 4.90 Å². The third-order valence-corrected chi connectivity index (χ3v) is 5.18. The Balaban J connectivity index is 1.57. The van der Waals surface area contributed by atoms with Crippen LogP contribution in [0.4, 0.5) is 5.82 Å². The molecule has 1 saturated heterocycles. The molecule has 0 spiro atoms. The molecule has 3 heterocycles. The normalized spacial score (nSPS) is 17.4. The minimum absolute atomic E-state index is 0.380. The van der Waals surface area contributed by atoms with Crippen LogP contribution in [-0.2, 0) is 6.42 Å². The molecular formula is C17H24N4OS. The molecule has 0 unspecified atom stereocenters. The molecule has 3 rings (SSSR count). The van der Waals surface area contributed by atoms with Crippen LogP contribution in [0.25, 0.3) is 0 Å². The number of aliphatic hydroxyl groups excluding tert-OH is 1. The van der Waals surface area contributed by atoms with Gasteiger partial charge in [-0.3, -0.25) is 4.90 Å². The highest BCUT2D eigenvalue weighted by Crippen LogP contribution is 2.21. The summed E-state index contributed by atoms with van der Waals surface area (Å²) in [5, 5.41) is 12.3. The molecule has 1 aliphatic rings. The minimum Gasteiger partial charge on any atom is -0.386 e. The fraction of sp³-hybridized carbons (Fsp3) is 0.529. The van der Waals surface area contributed by atoms with Crippen molar-refractivity contribution < 1.29 is 5.11 Å². The molecule has 6 heteroatoms. The van der Waals surface area contributed by atoms with Gasteiger partial charge in [0.25, 0.3) is 0 Å². The summed E-state index contributed by atoms with van der Waals surface area (Å²) in [6.07, 6.45) is 0.483. The Morgan fingerprint density at radius 3 is 2.70 bits per heavy atom. The number of nitrogens with zero attached hydrogens (tertiary/aromatic N) is 4. The molecule has 1 N–H and O–H groups in total. The summed E-state index contributed by atoms with van der Waals surface area (Å²) < 4.78 is 0. The summed E-state index contributed by atoms with van der Waals surface area (Å²) >= 11 is 1.62. The summed E-state index contributed by atoms with van der Waals surface area (Å²) in [4.78, 5) is 14.8. The number of anilines is 1. The van der Waals surface area contributed by atoms with Gasteiger partial charge >= 0.3 is 0 Å². The van der Waals surface area contributed by atoms with Crippen molar-refractivity contribution in [1.82, 2.24) is 14.9 Å². The maximum atomic E-state index is 10.3. The Morgan fingerprint density at radius 2 is 2.04 bits per heavy atom. The molecule has 0 saturated carbocycles. The second-order valence-corrected chi connectivity index (χ2v) is 6.94. The summed E-state index contributed by atoms with van der Waals surface area (Å²) in [5.74, 6) is 1.95. The number of piperazine rings is 1. The van der Waals surface area contributed by atoms with Crippen molar-refractivity contribution in [2.75, 3.05) is 37.6 Å². The van der Waals surface area contributed by atoms with Gasteiger partial charge in [-0.2, -0.15) is 0 Å². The minimum atomic E-state index is -0.380. The van der Waals surface area contributed by atoms with Gasteiger partial charge < -0.3 is 10.0 Å². The van der Waals surface area contributed by atoms with E-state index in [0.717, 1.165) is 54.8 Å². The largest absolute Gasteiger partial charge is 0.386 e. The standard InChI is InChI=1S/C17H24N4OS/c1-3-16-18-13(2)11-17(19-16)21-8-6-20(7-9-21)12-14(22)15-5-4-10-23-15/h4-5,10-11,14,22H,3,6-9,12H2,1-2H3/t14-/m1/s1. The van der Waals surface area contributed by atoms with E-state index < -0.39 is 0 Å². The van der Waals surface area contributed by atoms with Crippen molar-refractivity contribution in [3.63, 3.8) is 0 Å². The first-order chi connectivity index (χ1) is 11.2. The summed E-state index contributed by atoms with van der Waals surface area (Å²) in [6, 6.07) is 6.06. The first kappa shape index (κ1) is 16.4. The topological polar surface area (TPSA) is 52.5 Å². The van der Waals surface area contributed by atoms with E-state index >= 15 is 0 Å². The molecule has 0 amide bonds. The van der Waals surface area contributed by atoms with Gasteiger partial charge in [0.15, 0.2) is 0 Å². The molecule has 2 aromatic rings. The molecule has 0 radical (unpaired) electrons. The van der Waals surface area contributed by atoms with Crippen LogP contribution in [-0.4, -0.2) is 52.7 Å². The number of β-amino-alcohol motifs (C(OH)–C–C–N with tert-alkyl or cyclic N) is 1. The number of aliphatic hydroxyl groups is 1. The van der Waals surface area contributed by atoms with Crippen LogP contribution >= 0.6 is 11.3 Å². The first-order valence-electron chi connectivity index (χ1n) is 8.19. The third-order valence-electron chi connectivity index (χ3n) is 4.20. The molecule has 0 bridgehead atoms. The summed E-state index contributed by atoms with van der Waals surface area (Å²) in [5.41, 5.74) is 1.03. The number of hydrogen-bond acceptors (Lipinski definition) is 6. The van der Waals surface area contributed by atoms with Crippen molar-refractivity contribution in [2.24, 2.45) is 0 Å². The van der Waals surface area contributed by atoms with Crippen LogP contribution in [0.5, 0.6) is 0 Å². The second kappa shape index (κ2) is 7.38. The zero-order valence-corrected chi connectivity index (χ0v) is 14.6. The zero-order valence-electron chi connectivity index (χ0n) is 13.8. The lowest BCUT2D eigenvalue weighted by Crippen LogP contribution is -2.47. The molecule has 124 valence electrons. The average Bonchev–Trinajstić information content (AvgIpc) is 3.09. The number of thiophene rings is 1. The molecule has 1 atom stereocenters. The van der Waals surface area contributed by atoms with E-state index in [2.05, 4.69) is 32.8 Å². The van der Waals surface area contributed by atoms with Crippen LogP contribution in [0.1, 0.15) is 29.4 Å². The first-order valence-corrected chi connectivity index (χ1v) is 9.07. The molecular weight excluding hydrogens is 308 g/mol. The van der Waals surface area contributed by atoms with Crippen LogP contribution in [0.3, 0.4) is 0 Å². The highest BCUT2D eigenvalue weighted by Gasteiger charge is 2.21. The Morgan fingerprint density at radius 1 is 1.26 bits per heavy atom.